The molecule has 4 nitrogen and oxygen atoms in total. The van der Waals surface area contributed by atoms with Crippen LogP contribution in [0.15, 0.2) is 12.4 Å². The molecule has 2 rings (SSSR count). The average molecular weight is 192 g/mol. The normalized spacial score (nSPS) is 22.4. The predicted molar refractivity (Wildman–Crippen MR) is 56.4 cm³/mol. The van der Waals surface area contributed by atoms with Crippen molar-refractivity contribution in [2.75, 3.05) is 24.5 Å². The molecule has 1 fully saturated rings. The minimum Gasteiger partial charge on any atom is -0.353 e. The van der Waals surface area contributed by atoms with Gasteiger partial charge >= 0.3 is 0 Å². The van der Waals surface area contributed by atoms with Gasteiger partial charge < -0.3 is 10.2 Å². The molecule has 1 aromatic rings. The maximum atomic E-state index is 4.37. The molecule has 1 saturated heterocycles. The fourth-order valence-corrected chi connectivity index (χ4v) is 1.69. The Morgan fingerprint density at radius 3 is 2.93 bits per heavy atom. The number of nitrogens with one attached hydrogen (secondary N) is 1. The fourth-order valence-electron chi connectivity index (χ4n) is 1.69. The van der Waals surface area contributed by atoms with E-state index in [2.05, 4.69) is 27.1 Å². The molecule has 1 aliphatic rings. The lowest BCUT2D eigenvalue weighted by molar-refractivity contribution is 0.482. The summed E-state index contributed by atoms with van der Waals surface area (Å²) < 4.78 is 0. The predicted octanol–water partition coefficient (Wildman–Crippen LogP) is 0.583. The first kappa shape index (κ1) is 9.40. The Labute approximate surface area is 84.4 Å². The van der Waals surface area contributed by atoms with Crippen LogP contribution in [0.25, 0.3) is 0 Å². The monoisotopic (exact) mass is 192 g/mol. The highest BCUT2D eigenvalue weighted by molar-refractivity contribution is 5.36. The van der Waals surface area contributed by atoms with E-state index in [1.165, 1.54) is 0 Å². The minimum absolute atomic E-state index is 0.534. The average Bonchev–Trinajstić information content (AvgIpc) is 2.19. The van der Waals surface area contributed by atoms with E-state index in [0.29, 0.717) is 6.04 Å². The highest BCUT2D eigenvalue weighted by Crippen LogP contribution is 2.10. The maximum absolute atomic E-state index is 4.37. The third kappa shape index (κ3) is 2.01. The van der Waals surface area contributed by atoms with Crippen molar-refractivity contribution in [3.05, 3.63) is 18.1 Å². The number of aryl methyl sites for hydroxylation is 1. The van der Waals surface area contributed by atoms with E-state index in [9.17, 15) is 0 Å². The zero-order valence-electron chi connectivity index (χ0n) is 8.70. The van der Waals surface area contributed by atoms with Crippen LogP contribution in [0.2, 0.25) is 0 Å². The lowest BCUT2D eigenvalue weighted by Crippen LogP contribution is -2.49. The molecular formula is C10H16N4. The van der Waals surface area contributed by atoms with Crippen LogP contribution in [0.3, 0.4) is 0 Å². The molecular weight excluding hydrogens is 176 g/mol. The van der Waals surface area contributed by atoms with Gasteiger partial charge in [0.25, 0.3) is 0 Å². The Balaban J connectivity index is 2.10. The van der Waals surface area contributed by atoms with Gasteiger partial charge in [0.2, 0.25) is 0 Å². The molecule has 0 saturated carbocycles. The van der Waals surface area contributed by atoms with Crippen LogP contribution in [-0.4, -0.2) is 35.6 Å². The second kappa shape index (κ2) is 3.92. The van der Waals surface area contributed by atoms with E-state index in [-0.39, 0.29) is 0 Å². The highest BCUT2D eigenvalue weighted by atomic mass is 15.2. The minimum atomic E-state index is 0.534. The van der Waals surface area contributed by atoms with Gasteiger partial charge in [-0.05, 0) is 13.8 Å². The van der Waals surface area contributed by atoms with E-state index in [4.69, 9.17) is 0 Å². The number of piperazine rings is 1. The number of nitrogens with zero attached hydrogens (tertiary/aromatic N) is 3. The van der Waals surface area contributed by atoms with Crippen molar-refractivity contribution in [3.63, 3.8) is 0 Å². The molecule has 0 amide bonds. The largest absolute Gasteiger partial charge is 0.353 e. The van der Waals surface area contributed by atoms with E-state index in [0.717, 1.165) is 31.1 Å². The van der Waals surface area contributed by atoms with E-state index >= 15 is 0 Å². The number of anilines is 1. The van der Waals surface area contributed by atoms with Crippen molar-refractivity contribution < 1.29 is 0 Å². The molecule has 76 valence electrons. The SMILES string of the molecule is Cc1cnc(N2CCN[C@H](C)C2)cn1. The van der Waals surface area contributed by atoms with Crippen molar-refractivity contribution >= 4 is 5.82 Å². The molecule has 14 heavy (non-hydrogen) atoms. The summed E-state index contributed by atoms with van der Waals surface area (Å²) in [6.45, 7) is 7.20. The second-order valence-electron chi connectivity index (χ2n) is 3.82. The van der Waals surface area contributed by atoms with Gasteiger partial charge in [-0.2, -0.15) is 0 Å². The van der Waals surface area contributed by atoms with Crippen molar-refractivity contribution in [2.45, 2.75) is 19.9 Å². The number of aromatic nitrogens is 2. The first-order valence-electron chi connectivity index (χ1n) is 5.02. The Morgan fingerprint density at radius 2 is 2.29 bits per heavy atom. The molecule has 1 atom stereocenters. The Morgan fingerprint density at radius 1 is 1.43 bits per heavy atom. The molecule has 1 aromatic heterocycles. The number of hydrogen-bond donors (Lipinski definition) is 1. The van der Waals surface area contributed by atoms with Gasteiger partial charge in [0.05, 0.1) is 18.1 Å². The molecule has 0 unspecified atom stereocenters. The van der Waals surface area contributed by atoms with Crippen LogP contribution >= 0.6 is 0 Å². The Kier molecular flexibility index (Phi) is 2.63. The van der Waals surface area contributed by atoms with Gasteiger partial charge in [-0.25, -0.2) is 4.98 Å². The van der Waals surface area contributed by atoms with E-state index < -0.39 is 0 Å². The van der Waals surface area contributed by atoms with Crippen molar-refractivity contribution in [1.82, 2.24) is 15.3 Å². The van der Waals surface area contributed by atoms with Crippen LogP contribution in [0, 0.1) is 6.92 Å². The van der Waals surface area contributed by atoms with Crippen LogP contribution in [0.4, 0.5) is 5.82 Å². The smallest absolute Gasteiger partial charge is 0.147 e. The molecule has 0 spiro atoms. The summed E-state index contributed by atoms with van der Waals surface area (Å²) in [4.78, 5) is 10.9. The van der Waals surface area contributed by atoms with Crippen molar-refractivity contribution in [1.29, 1.82) is 0 Å². The summed E-state index contributed by atoms with van der Waals surface area (Å²) >= 11 is 0. The molecule has 0 radical (unpaired) electrons. The molecule has 0 bridgehead atoms. The highest BCUT2D eigenvalue weighted by Gasteiger charge is 2.16. The zero-order valence-corrected chi connectivity index (χ0v) is 8.70. The summed E-state index contributed by atoms with van der Waals surface area (Å²) in [5, 5.41) is 3.40. The molecule has 4 heteroatoms. The standard InChI is InChI=1S/C10H16N4/c1-8-5-13-10(6-12-8)14-4-3-11-9(2)7-14/h5-6,9,11H,3-4,7H2,1-2H3/t9-/m1/s1. The quantitative estimate of drug-likeness (QED) is 0.707. The first-order valence-corrected chi connectivity index (χ1v) is 5.02. The summed E-state index contributed by atoms with van der Waals surface area (Å²) in [6, 6.07) is 0.534. The topological polar surface area (TPSA) is 41.1 Å². The van der Waals surface area contributed by atoms with Crippen LogP contribution in [0.1, 0.15) is 12.6 Å². The molecule has 1 N–H and O–H groups in total. The third-order valence-electron chi connectivity index (χ3n) is 2.46. The lowest BCUT2D eigenvalue weighted by atomic mass is 10.2. The first-order chi connectivity index (χ1) is 6.75. The summed E-state index contributed by atoms with van der Waals surface area (Å²) in [7, 11) is 0. The van der Waals surface area contributed by atoms with Crippen LogP contribution < -0.4 is 10.2 Å². The van der Waals surface area contributed by atoms with Gasteiger partial charge in [-0.15, -0.1) is 0 Å². The number of hydrogen-bond acceptors (Lipinski definition) is 4. The van der Waals surface area contributed by atoms with E-state index in [1.54, 1.807) is 0 Å². The maximum Gasteiger partial charge on any atom is 0.147 e. The molecule has 0 aromatic carbocycles. The molecule has 1 aliphatic heterocycles. The van der Waals surface area contributed by atoms with Gasteiger partial charge in [0, 0.05) is 25.7 Å². The van der Waals surface area contributed by atoms with Crippen molar-refractivity contribution in [2.24, 2.45) is 0 Å². The summed E-state index contributed by atoms with van der Waals surface area (Å²) in [6.07, 6.45) is 3.68. The van der Waals surface area contributed by atoms with Crippen LogP contribution in [0.5, 0.6) is 0 Å². The summed E-state index contributed by atoms with van der Waals surface area (Å²) in [5.74, 6) is 0.990. The Bertz CT molecular complexity index is 295. The molecule has 0 aliphatic carbocycles. The van der Waals surface area contributed by atoms with E-state index in [1.807, 2.05) is 19.3 Å². The van der Waals surface area contributed by atoms with Crippen LogP contribution in [-0.2, 0) is 0 Å². The fraction of sp³-hybridized carbons (Fsp3) is 0.600. The number of rotatable bonds is 1. The second-order valence-corrected chi connectivity index (χ2v) is 3.82. The summed E-state index contributed by atoms with van der Waals surface area (Å²) in [5.41, 5.74) is 0.969. The zero-order chi connectivity index (χ0) is 9.97. The van der Waals surface area contributed by atoms with Gasteiger partial charge in [0.1, 0.15) is 5.82 Å². The van der Waals surface area contributed by atoms with Gasteiger partial charge in [0.15, 0.2) is 0 Å². The third-order valence-corrected chi connectivity index (χ3v) is 2.46. The lowest BCUT2D eigenvalue weighted by Gasteiger charge is -2.32. The van der Waals surface area contributed by atoms with Gasteiger partial charge in [-0.3, -0.25) is 4.98 Å². The Hall–Kier alpha value is -1.16. The van der Waals surface area contributed by atoms with Crippen molar-refractivity contribution in [3.8, 4) is 0 Å². The van der Waals surface area contributed by atoms with Gasteiger partial charge in [-0.1, -0.05) is 0 Å². The molecule has 2 heterocycles.